The third-order valence-electron chi connectivity index (χ3n) is 3.94. The number of carbonyl (C=O) groups is 2. The molecule has 1 saturated heterocycles. The quantitative estimate of drug-likeness (QED) is 0.918. The lowest BCUT2D eigenvalue weighted by molar-refractivity contribution is 0.0752. The molecule has 1 aromatic heterocycles. The third kappa shape index (κ3) is 3.73. The Kier molecular flexibility index (Phi) is 4.79. The first-order chi connectivity index (χ1) is 11.6. The number of benzene rings is 1. The van der Waals surface area contributed by atoms with E-state index in [2.05, 4.69) is 10.5 Å². The van der Waals surface area contributed by atoms with E-state index in [0.29, 0.717) is 37.6 Å². The fourth-order valence-corrected chi connectivity index (χ4v) is 2.68. The molecule has 0 radical (unpaired) electrons. The Morgan fingerprint density at radius 1 is 1.08 bits per heavy atom. The number of nitrogens with one attached hydrogen (secondary N) is 1. The van der Waals surface area contributed by atoms with Gasteiger partial charge in [0.25, 0.3) is 5.91 Å². The summed E-state index contributed by atoms with van der Waals surface area (Å²) in [5.74, 6) is 0.453. The Labute approximate surface area is 140 Å². The van der Waals surface area contributed by atoms with Crippen molar-refractivity contribution in [1.29, 1.82) is 0 Å². The molecule has 2 heterocycles. The normalized spacial score (nSPS) is 15.0. The molecule has 0 bridgehead atoms. The highest BCUT2D eigenvalue weighted by molar-refractivity contribution is 5.92. The van der Waals surface area contributed by atoms with Crippen molar-refractivity contribution in [1.82, 2.24) is 15.0 Å². The lowest BCUT2D eigenvalue weighted by atomic mass is 10.3. The van der Waals surface area contributed by atoms with Gasteiger partial charge < -0.3 is 19.6 Å². The van der Waals surface area contributed by atoms with E-state index in [9.17, 15) is 9.59 Å². The van der Waals surface area contributed by atoms with Gasteiger partial charge in [0.05, 0.1) is 0 Å². The second kappa shape index (κ2) is 7.16. The van der Waals surface area contributed by atoms with Crippen LogP contribution < -0.4 is 5.32 Å². The number of hydrogen-bond donors (Lipinski definition) is 1. The predicted octanol–water partition coefficient (Wildman–Crippen LogP) is 2.36. The van der Waals surface area contributed by atoms with Gasteiger partial charge in [0.1, 0.15) is 5.76 Å². The maximum atomic E-state index is 12.4. The lowest BCUT2D eigenvalue weighted by Crippen LogP contribution is -2.39. The summed E-state index contributed by atoms with van der Waals surface area (Å²) >= 11 is 0. The second-order valence-corrected chi connectivity index (χ2v) is 5.75. The Balaban J connectivity index is 1.58. The maximum absolute atomic E-state index is 12.4. The van der Waals surface area contributed by atoms with E-state index in [1.807, 2.05) is 30.3 Å². The summed E-state index contributed by atoms with van der Waals surface area (Å²) in [5, 5.41) is 6.65. The van der Waals surface area contributed by atoms with Crippen molar-refractivity contribution in [2.75, 3.05) is 31.5 Å². The van der Waals surface area contributed by atoms with E-state index in [1.54, 1.807) is 22.8 Å². The molecular formula is C17H20N4O3. The van der Waals surface area contributed by atoms with E-state index in [-0.39, 0.29) is 11.9 Å². The number of nitrogens with zero attached hydrogens (tertiary/aromatic N) is 3. The zero-order valence-corrected chi connectivity index (χ0v) is 13.6. The molecule has 1 aliphatic rings. The summed E-state index contributed by atoms with van der Waals surface area (Å²) in [5.41, 5.74) is 1.08. The van der Waals surface area contributed by atoms with E-state index in [0.717, 1.165) is 12.1 Å². The summed E-state index contributed by atoms with van der Waals surface area (Å²) in [6.07, 6.45) is 0.727. The van der Waals surface area contributed by atoms with Crippen molar-refractivity contribution in [3.05, 3.63) is 47.9 Å². The number of aromatic nitrogens is 1. The van der Waals surface area contributed by atoms with Crippen LogP contribution in [0.25, 0.3) is 0 Å². The molecule has 0 aliphatic carbocycles. The first-order valence-corrected chi connectivity index (χ1v) is 7.97. The zero-order chi connectivity index (χ0) is 16.9. The second-order valence-electron chi connectivity index (χ2n) is 5.75. The number of hydrogen-bond acceptors (Lipinski definition) is 4. The van der Waals surface area contributed by atoms with E-state index < -0.39 is 0 Å². The molecule has 1 fully saturated rings. The Morgan fingerprint density at radius 3 is 2.50 bits per heavy atom. The number of urea groups is 1. The Hall–Kier alpha value is -2.83. The van der Waals surface area contributed by atoms with Gasteiger partial charge in [-0.2, -0.15) is 0 Å². The van der Waals surface area contributed by atoms with Crippen LogP contribution in [0.5, 0.6) is 0 Å². The van der Waals surface area contributed by atoms with Gasteiger partial charge in [-0.3, -0.25) is 4.79 Å². The zero-order valence-electron chi connectivity index (χ0n) is 13.6. The summed E-state index contributed by atoms with van der Waals surface area (Å²) in [7, 11) is 0. The number of rotatable bonds is 2. The van der Waals surface area contributed by atoms with Gasteiger partial charge in [0, 0.05) is 37.9 Å². The number of carbonyl (C=O) groups excluding carboxylic acids is 2. The molecule has 1 aromatic carbocycles. The van der Waals surface area contributed by atoms with Gasteiger partial charge in [-0.1, -0.05) is 23.4 Å². The molecule has 126 valence electrons. The van der Waals surface area contributed by atoms with Gasteiger partial charge >= 0.3 is 6.03 Å². The molecule has 2 aromatic rings. The average molecular weight is 328 g/mol. The molecule has 0 saturated carbocycles. The number of anilines is 1. The first kappa shape index (κ1) is 16.0. The van der Waals surface area contributed by atoms with E-state index in [4.69, 9.17) is 4.52 Å². The minimum atomic E-state index is -0.155. The van der Waals surface area contributed by atoms with Gasteiger partial charge in [-0.05, 0) is 25.5 Å². The van der Waals surface area contributed by atoms with Gasteiger partial charge in [-0.15, -0.1) is 0 Å². The monoisotopic (exact) mass is 328 g/mol. The highest BCUT2D eigenvalue weighted by atomic mass is 16.5. The van der Waals surface area contributed by atoms with Crippen molar-refractivity contribution >= 4 is 17.6 Å². The van der Waals surface area contributed by atoms with Crippen LogP contribution in [0, 0.1) is 6.92 Å². The highest BCUT2D eigenvalue weighted by Crippen LogP contribution is 2.12. The van der Waals surface area contributed by atoms with E-state index in [1.165, 1.54) is 0 Å². The van der Waals surface area contributed by atoms with Crippen molar-refractivity contribution in [2.24, 2.45) is 0 Å². The molecule has 1 aliphatic heterocycles. The fraction of sp³-hybridized carbons (Fsp3) is 0.353. The Morgan fingerprint density at radius 2 is 1.79 bits per heavy atom. The molecular weight excluding hydrogens is 308 g/mol. The predicted molar refractivity (Wildman–Crippen MR) is 88.8 cm³/mol. The fourth-order valence-electron chi connectivity index (χ4n) is 2.68. The highest BCUT2D eigenvalue weighted by Gasteiger charge is 2.24. The minimum Gasteiger partial charge on any atom is -0.361 e. The molecule has 24 heavy (non-hydrogen) atoms. The van der Waals surface area contributed by atoms with Crippen LogP contribution in [0.4, 0.5) is 10.5 Å². The number of aryl methyl sites for hydroxylation is 1. The van der Waals surface area contributed by atoms with Crippen LogP contribution in [0.3, 0.4) is 0 Å². The van der Waals surface area contributed by atoms with Gasteiger partial charge in [-0.25, -0.2) is 4.79 Å². The largest absolute Gasteiger partial charge is 0.361 e. The number of para-hydroxylation sites is 1. The van der Waals surface area contributed by atoms with Crippen LogP contribution in [0.2, 0.25) is 0 Å². The molecule has 7 nitrogen and oxygen atoms in total. The average Bonchev–Trinajstić information content (AvgIpc) is 2.87. The SMILES string of the molecule is Cc1cc(C(=O)N2CCCN(C(=O)Nc3ccccc3)CC2)no1. The molecule has 3 rings (SSSR count). The van der Waals surface area contributed by atoms with Crippen LogP contribution in [0.1, 0.15) is 22.7 Å². The van der Waals surface area contributed by atoms with Crippen LogP contribution in [-0.4, -0.2) is 53.1 Å². The maximum Gasteiger partial charge on any atom is 0.321 e. The summed E-state index contributed by atoms with van der Waals surface area (Å²) < 4.78 is 4.96. The molecule has 0 unspecified atom stereocenters. The molecule has 7 heteroatoms. The van der Waals surface area contributed by atoms with Gasteiger partial charge in [0.15, 0.2) is 5.69 Å². The first-order valence-electron chi connectivity index (χ1n) is 7.97. The van der Waals surface area contributed by atoms with Crippen molar-refractivity contribution in [3.63, 3.8) is 0 Å². The summed E-state index contributed by atoms with van der Waals surface area (Å²) in [6, 6.07) is 10.8. The van der Waals surface area contributed by atoms with Crippen LogP contribution >= 0.6 is 0 Å². The molecule has 0 spiro atoms. The molecule has 3 amide bonds. The smallest absolute Gasteiger partial charge is 0.321 e. The van der Waals surface area contributed by atoms with Gasteiger partial charge in [0.2, 0.25) is 0 Å². The third-order valence-corrected chi connectivity index (χ3v) is 3.94. The van der Waals surface area contributed by atoms with Crippen molar-refractivity contribution in [3.8, 4) is 0 Å². The standard InChI is InChI=1S/C17H20N4O3/c1-13-12-15(19-24-13)16(22)20-8-5-9-21(11-10-20)17(23)18-14-6-3-2-4-7-14/h2-4,6-7,12H,5,8-11H2,1H3,(H,18,23). The van der Waals surface area contributed by atoms with Crippen molar-refractivity contribution < 1.29 is 14.1 Å². The van der Waals surface area contributed by atoms with Crippen molar-refractivity contribution in [2.45, 2.75) is 13.3 Å². The molecule has 0 atom stereocenters. The van der Waals surface area contributed by atoms with Crippen LogP contribution in [-0.2, 0) is 0 Å². The summed E-state index contributed by atoms with van der Waals surface area (Å²) in [4.78, 5) is 28.2. The topological polar surface area (TPSA) is 78.7 Å². The Bertz CT molecular complexity index is 714. The lowest BCUT2D eigenvalue weighted by Gasteiger charge is -2.22. The van der Waals surface area contributed by atoms with Crippen LogP contribution in [0.15, 0.2) is 40.9 Å². The number of amides is 3. The van der Waals surface area contributed by atoms with E-state index >= 15 is 0 Å². The minimum absolute atomic E-state index is 0.146. The molecule has 1 N–H and O–H groups in total. The summed E-state index contributed by atoms with van der Waals surface area (Å²) in [6.45, 7) is 3.93.